The van der Waals surface area contributed by atoms with Gasteiger partial charge in [-0.15, -0.1) is 4.91 Å². The number of aliphatic hydroxyl groups excluding tert-OH is 1. The highest BCUT2D eigenvalue weighted by Crippen LogP contribution is 2.14. The van der Waals surface area contributed by atoms with Gasteiger partial charge in [-0.2, -0.15) is 0 Å². The first-order chi connectivity index (χ1) is 7.69. The van der Waals surface area contributed by atoms with Gasteiger partial charge in [-0.05, 0) is 6.07 Å². The molecule has 1 atom stereocenters. The summed E-state index contributed by atoms with van der Waals surface area (Å²) >= 11 is 0. The van der Waals surface area contributed by atoms with Gasteiger partial charge in [-0.3, -0.25) is 10.1 Å². The van der Waals surface area contributed by atoms with Gasteiger partial charge in [0.15, 0.2) is 0 Å². The number of rotatable bonds is 5. The minimum Gasteiger partial charge on any atom is -0.508 e. The summed E-state index contributed by atoms with van der Waals surface area (Å²) in [7, 11) is 0. The molecule has 0 aliphatic carbocycles. The Morgan fingerprint density at radius 1 is 1.44 bits per heavy atom. The van der Waals surface area contributed by atoms with Gasteiger partial charge in [0.1, 0.15) is 11.8 Å². The highest BCUT2D eigenvalue weighted by molar-refractivity contribution is 5.82. The van der Waals surface area contributed by atoms with Crippen LogP contribution in [-0.2, 0) is 11.3 Å². The van der Waals surface area contributed by atoms with E-state index < -0.39 is 18.6 Å². The van der Waals surface area contributed by atoms with E-state index in [0.29, 0.717) is 5.56 Å². The quantitative estimate of drug-likeness (QED) is 0.617. The molecule has 0 heterocycles. The van der Waals surface area contributed by atoms with Crippen molar-refractivity contribution < 1.29 is 15.0 Å². The summed E-state index contributed by atoms with van der Waals surface area (Å²) in [5, 5.41) is 23.1. The van der Waals surface area contributed by atoms with Gasteiger partial charge in [0.25, 0.3) is 0 Å². The Bertz CT molecular complexity index is 381. The Kier molecular flexibility index (Phi) is 4.56. The molecule has 6 heteroatoms. The van der Waals surface area contributed by atoms with Gasteiger partial charge in [-0.25, -0.2) is 0 Å². The lowest BCUT2D eigenvalue weighted by molar-refractivity contribution is -0.120. The summed E-state index contributed by atoms with van der Waals surface area (Å²) in [5.41, 5.74) is 0.569. The van der Waals surface area contributed by atoms with E-state index in [9.17, 15) is 14.8 Å². The maximum absolute atomic E-state index is 10.9. The molecule has 0 saturated heterocycles. The number of amides is 1. The van der Waals surface area contributed by atoms with Crippen LogP contribution in [0.25, 0.3) is 0 Å². The number of benzene rings is 1. The predicted molar refractivity (Wildman–Crippen MR) is 56.6 cm³/mol. The average molecular weight is 224 g/mol. The van der Waals surface area contributed by atoms with Crippen LogP contribution in [0.3, 0.4) is 0 Å². The van der Waals surface area contributed by atoms with Crippen molar-refractivity contribution in [1.82, 2.24) is 5.32 Å². The van der Waals surface area contributed by atoms with Crippen molar-refractivity contribution in [3.8, 4) is 5.75 Å². The molecule has 6 nitrogen and oxygen atoms in total. The van der Waals surface area contributed by atoms with Gasteiger partial charge in [0.2, 0.25) is 0 Å². The largest absolute Gasteiger partial charge is 0.508 e. The van der Waals surface area contributed by atoms with Crippen LogP contribution < -0.4 is 5.32 Å². The Balaban J connectivity index is 2.59. The smallest absolute Gasteiger partial charge is 0.305 e. The Hall–Kier alpha value is -1.79. The van der Waals surface area contributed by atoms with E-state index in [1.54, 1.807) is 18.2 Å². The third-order valence-electron chi connectivity index (χ3n) is 2.10. The molecule has 0 fully saturated rings. The van der Waals surface area contributed by atoms with Crippen LogP contribution >= 0.6 is 0 Å². The van der Waals surface area contributed by atoms with E-state index in [2.05, 4.69) is 10.5 Å². The first-order valence-corrected chi connectivity index (χ1v) is 4.67. The van der Waals surface area contributed by atoms with E-state index in [1.807, 2.05) is 0 Å². The average Bonchev–Trinajstić information content (AvgIpc) is 2.31. The molecule has 0 aliphatic rings. The van der Waals surface area contributed by atoms with E-state index in [0.717, 1.165) is 0 Å². The highest BCUT2D eigenvalue weighted by atomic mass is 16.3. The van der Waals surface area contributed by atoms with E-state index in [-0.39, 0.29) is 12.3 Å². The molecule has 1 aromatic carbocycles. The summed E-state index contributed by atoms with van der Waals surface area (Å²) in [6.07, 6.45) is 0. The van der Waals surface area contributed by atoms with Crippen LogP contribution in [0.5, 0.6) is 5.75 Å². The number of carbonyl (C=O) groups is 1. The normalized spacial score (nSPS) is 12.1. The predicted octanol–water partition coefficient (Wildman–Crippen LogP) is 0.136. The molecule has 1 rings (SSSR count). The maximum Gasteiger partial charge on any atom is 0.305 e. The van der Waals surface area contributed by atoms with Gasteiger partial charge in [-0.1, -0.05) is 18.2 Å². The van der Waals surface area contributed by atoms with Crippen LogP contribution in [-0.4, -0.2) is 28.8 Å². The van der Waals surface area contributed by atoms with Crippen LogP contribution in [0.15, 0.2) is 29.4 Å². The van der Waals surface area contributed by atoms with Crippen molar-refractivity contribution in [2.45, 2.75) is 12.6 Å². The van der Waals surface area contributed by atoms with Crippen molar-refractivity contribution in [3.63, 3.8) is 0 Å². The van der Waals surface area contributed by atoms with Crippen molar-refractivity contribution >= 4 is 5.91 Å². The third kappa shape index (κ3) is 3.11. The van der Waals surface area contributed by atoms with E-state index in [1.165, 1.54) is 6.07 Å². The number of aromatic hydroxyl groups is 1. The SMILES string of the molecule is O=NC(=O)[C@H](CO)NCc1ccccc1O. The summed E-state index contributed by atoms with van der Waals surface area (Å²) < 4.78 is 0. The molecule has 0 saturated carbocycles. The fraction of sp³-hybridized carbons (Fsp3) is 0.300. The number of phenols is 1. The number of nitroso groups, excluding NO2 is 1. The standard InChI is InChI=1S/C10H12N2O4/c13-6-8(10(15)12-16)11-5-7-3-1-2-4-9(7)14/h1-4,8,11,13-14H,5-6H2/t8-/m0/s1. The summed E-state index contributed by atoms with van der Waals surface area (Å²) in [6.45, 7) is -0.350. The number of nitrogens with one attached hydrogen (secondary N) is 1. The van der Waals surface area contributed by atoms with Gasteiger partial charge in [0.05, 0.1) is 6.61 Å². The molecular weight excluding hydrogens is 212 g/mol. The van der Waals surface area contributed by atoms with Gasteiger partial charge in [0, 0.05) is 17.3 Å². The monoisotopic (exact) mass is 224 g/mol. The fourth-order valence-corrected chi connectivity index (χ4v) is 1.19. The van der Waals surface area contributed by atoms with E-state index in [4.69, 9.17) is 5.11 Å². The Labute approximate surface area is 91.9 Å². The summed E-state index contributed by atoms with van der Waals surface area (Å²) in [4.78, 5) is 20.9. The van der Waals surface area contributed by atoms with Crippen LogP contribution in [0.1, 0.15) is 5.56 Å². The van der Waals surface area contributed by atoms with E-state index >= 15 is 0 Å². The maximum atomic E-state index is 10.9. The van der Waals surface area contributed by atoms with Crippen LogP contribution in [0.4, 0.5) is 0 Å². The molecule has 3 N–H and O–H groups in total. The van der Waals surface area contributed by atoms with Gasteiger partial charge >= 0.3 is 5.91 Å². The molecule has 0 radical (unpaired) electrons. The number of hydrogen-bond acceptors (Lipinski definition) is 5. The third-order valence-corrected chi connectivity index (χ3v) is 2.10. The molecule has 1 aromatic rings. The summed E-state index contributed by atoms with van der Waals surface area (Å²) in [5.74, 6) is -0.879. The lowest BCUT2D eigenvalue weighted by atomic mass is 10.2. The number of aliphatic hydroxyl groups is 1. The minimum atomic E-state index is -1.03. The molecule has 1 amide bonds. The zero-order valence-corrected chi connectivity index (χ0v) is 8.46. The second-order valence-corrected chi connectivity index (χ2v) is 3.17. The molecule has 0 spiro atoms. The zero-order valence-electron chi connectivity index (χ0n) is 8.46. The number of hydrogen-bond donors (Lipinski definition) is 3. The lowest BCUT2D eigenvalue weighted by Crippen LogP contribution is -2.38. The van der Waals surface area contributed by atoms with Crippen molar-refractivity contribution in [2.75, 3.05) is 6.61 Å². The molecule has 16 heavy (non-hydrogen) atoms. The van der Waals surface area contributed by atoms with Crippen molar-refractivity contribution in [1.29, 1.82) is 0 Å². The van der Waals surface area contributed by atoms with Crippen LogP contribution in [0.2, 0.25) is 0 Å². The Morgan fingerprint density at radius 3 is 2.69 bits per heavy atom. The lowest BCUT2D eigenvalue weighted by Gasteiger charge is -2.11. The first-order valence-electron chi connectivity index (χ1n) is 4.67. The van der Waals surface area contributed by atoms with Crippen molar-refractivity contribution in [2.24, 2.45) is 5.18 Å². The van der Waals surface area contributed by atoms with Crippen molar-refractivity contribution in [3.05, 3.63) is 34.7 Å². The zero-order chi connectivity index (χ0) is 12.0. The number of phenolic OH excluding ortho intramolecular Hbond substituents is 1. The molecule has 0 aliphatic heterocycles. The number of nitrogens with zero attached hydrogens (tertiary/aromatic N) is 1. The molecule has 0 bridgehead atoms. The number of carbonyl (C=O) groups excluding carboxylic acids is 1. The minimum absolute atomic E-state index is 0.0817. The second kappa shape index (κ2) is 5.94. The number of para-hydroxylation sites is 1. The highest BCUT2D eigenvalue weighted by Gasteiger charge is 2.17. The topological polar surface area (TPSA) is 99.0 Å². The van der Waals surface area contributed by atoms with Crippen LogP contribution in [0, 0.1) is 4.91 Å². The van der Waals surface area contributed by atoms with Gasteiger partial charge < -0.3 is 10.2 Å². The molecular formula is C10H12N2O4. The molecule has 86 valence electrons. The Morgan fingerprint density at radius 2 is 2.12 bits per heavy atom. The summed E-state index contributed by atoms with van der Waals surface area (Å²) in [6, 6.07) is 5.53. The molecule has 0 unspecified atom stereocenters. The first kappa shape index (κ1) is 12.3. The second-order valence-electron chi connectivity index (χ2n) is 3.17. The fourth-order valence-electron chi connectivity index (χ4n) is 1.19. The molecule has 0 aromatic heterocycles.